The quantitative estimate of drug-likeness (QED) is 0.329. The van der Waals surface area contributed by atoms with Gasteiger partial charge in [0.25, 0.3) is 5.91 Å². The fraction of sp³-hybridized carbons (Fsp3) is 0.174. The maximum atomic E-state index is 13.3. The van der Waals surface area contributed by atoms with Crippen LogP contribution in [0.15, 0.2) is 48.8 Å². The minimum Gasteiger partial charge on any atom is -0.469 e. The molecule has 0 saturated heterocycles. The monoisotopic (exact) mass is 482 g/mol. The van der Waals surface area contributed by atoms with E-state index in [-0.39, 0.29) is 29.7 Å². The van der Waals surface area contributed by atoms with Gasteiger partial charge in [-0.1, -0.05) is 41.9 Å². The van der Waals surface area contributed by atoms with Crippen LogP contribution in [-0.4, -0.2) is 39.2 Å². The largest absolute Gasteiger partial charge is 0.469 e. The van der Waals surface area contributed by atoms with Gasteiger partial charge in [0.15, 0.2) is 11.5 Å². The van der Waals surface area contributed by atoms with Crippen molar-refractivity contribution in [3.63, 3.8) is 0 Å². The van der Waals surface area contributed by atoms with Crippen molar-refractivity contribution < 1.29 is 18.7 Å². The Morgan fingerprint density at radius 1 is 1.06 bits per heavy atom. The molecule has 2 aromatic carbocycles. The van der Waals surface area contributed by atoms with Crippen molar-refractivity contribution >= 4 is 40.3 Å². The van der Waals surface area contributed by atoms with Crippen LogP contribution in [0.4, 0.5) is 10.2 Å². The number of fused-ring (bicyclic) bond motifs is 1. The number of rotatable bonds is 8. The highest BCUT2D eigenvalue weighted by Crippen LogP contribution is 2.21. The van der Waals surface area contributed by atoms with Crippen molar-refractivity contribution in [1.29, 1.82) is 0 Å². The van der Waals surface area contributed by atoms with Crippen molar-refractivity contribution in [2.75, 3.05) is 12.4 Å². The molecule has 11 heteroatoms. The van der Waals surface area contributed by atoms with E-state index in [0.29, 0.717) is 29.0 Å². The van der Waals surface area contributed by atoms with Crippen molar-refractivity contribution in [2.45, 2.75) is 19.5 Å². The summed E-state index contributed by atoms with van der Waals surface area (Å²) in [6.07, 6.45) is 1.50. The molecule has 0 fully saturated rings. The first-order valence-electron chi connectivity index (χ1n) is 10.2. The highest BCUT2D eigenvalue weighted by molar-refractivity contribution is 6.30. The number of esters is 1. The smallest absolute Gasteiger partial charge is 0.309 e. The summed E-state index contributed by atoms with van der Waals surface area (Å²) >= 11 is 5.79. The minimum atomic E-state index is -0.524. The molecule has 2 heterocycles. The Labute approximate surface area is 198 Å². The zero-order valence-electron chi connectivity index (χ0n) is 18.1. The predicted octanol–water partition coefficient (Wildman–Crippen LogP) is 3.40. The van der Waals surface area contributed by atoms with Crippen molar-refractivity contribution in [3.8, 4) is 0 Å². The predicted molar refractivity (Wildman–Crippen MR) is 124 cm³/mol. The van der Waals surface area contributed by atoms with E-state index in [1.54, 1.807) is 0 Å². The number of benzene rings is 2. The van der Waals surface area contributed by atoms with Crippen LogP contribution in [0, 0.1) is 5.82 Å². The van der Waals surface area contributed by atoms with Crippen molar-refractivity contribution in [3.05, 3.63) is 82.0 Å². The van der Waals surface area contributed by atoms with Crippen LogP contribution >= 0.6 is 11.6 Å². The maximum absolute atomic E-state index is 13.3. The summed E-state index contributed by atoms with van der Waals surface area (Å²) in [5.74, 6) is -0.793. The van der Waals surface area contributed by atoms with E-state index in [1.807, 2.05) is 24.3 Å². The van der Waals surface area contributed by atoms with E-state index in [9.17, 15) is 14.0 Å². The lowest BCUT2D eigenvalue weighted by atomic mass is 10.1. The lowest BCUT2D eigenvalue weighted by Crippen LogP contribution is -2.24. The summed E-state index contributed by atoms with van der Waals surface area (Å²) in [6, 6.07) is 11.7. The topological polar surface area (TPSA) is 122 Å². The third kappa shape index (κ3) is 5.29. The first kappa shape index (κ1) is 23.1. The molecule has 0 saturated carbocycles. The van der Waals surface area contributed by atoms with E-state index >= 15 is 0 Å². The van der Waals surface area contributed by atoms with Gasteiger partial charge in [0.2, 0.25) is 0 Å². The van der Waals surface area contributed by atoms with Crippen molar-refractivity contribution in [1.82, 2.24) is 25.5 Å². The molecule has 0 atom stereocenters. The number of amides is 1. The second-order valence-electron chi connectivity index (χ2n) is 7.37. The van der Waals surface area contributed by atoms with Gasteiger partial charge in [-0.3, -0.25) is 14.7 Å². The molecule has 34 heavy (non-hydrogen) atoms. The van der Waals surface area contributed by atoms with Crippen LogP contribution in [0.3, 0.4) is 0 Å². The summed E-state index contributed by atoms with van der Waals surface area (Å²) in [5, 5.41) is 12.9. The lowest BCUT2D eigenvalue weighted by molar-refractivity contribution is -0.139. The Bertz CT molecular complexity index is 1340. The van der Waals surface area contributed by atoms with Gasteiger partial charge in [-0.25, -0.2) is 14.4 Å². The fourth-order valence-corrected chi connectivity index (χ4v) is 3.45. The molecule has 0 aliphatic heterocycles. The molecule has 1 amide bonds. The van der Waals surface area contributed by atoms with Gasteiger partial charge in [-0.15, -0.1) is 0 Å². The third-order valence-electron chi connectivity index (χ3n) is 5.06. The molecule has 9 nitrogen and oxygen atoms in total. The van der Waals surface area contributed by atoms with Crippen LogP contribution in [0.1, 0.15) is 27.2 Å². The Balaban J connectivity index is 1.42. The summed E-state index contributed by atoms with van der Waals surface area (Å²) in [4.78, 5) is 32.4. The zero-order valence-corrected chi connectivity index (χ0v) is 18.8. The summed E-state index contributed by atoms with van der Waals surface area (Å²) in [6.45, 7) is 0.602. The molecule has 0 radical (unpaired) electrons. The molecular weight excluding hydrogens is 463 g/mol. The third-order valence-corrected chi connectivity index (χ3v) is 5.35. The van der Waals surface area contributed by atoms with E-state index in [0.717, 1.165) is 11.1 Å². The normalized spacial score (nSPS) is 10.8. The maximum Gasteiger partial charge on any atom is 0.309 e. The number of methoxy groups -OCH3 is 1. The second-order valence-corrected chi connectivity index (χ2v) is 7.78. The van der Waals surface area contributed by atoms with Gasteiger partial charge in [-0.2, -0.15) is 5.10 Å². The number of carbonyl (C=O) groups excluding carboxylic acids is 2. The molecular formula is C23H20ClFN6O3. The van der Waals surface area contributed by atoms with Crippen molar-refractivity contribution in [2.24, 2.45) is 0 Å². The average molecular weight is 483 g/mol. The number of ether oxygens (including phenoxy) is 1. The summed E-state index contributed by atoms with van der Waals surface area (Å²) < 4.78 is 18.0. The molecule has 0 unspecified atom stereocenters. The Kier molecular flexibility index (Phi) is 6.98. The van der Waals surface area contributed by atoms with Gasteiger partial charge in [0.05, 0.1) is 18.6 Å². The minimum absolute atomic E-state index is 0.0152. The van der Waals surface area contributed by atoms with E-state index in [1.165, 1.54) is 31.6 Å². The summed E-state index contributed by atoms with van der Waals surface area (Å²) in [7, 11) is 1.36. The van der Waals surface area contributed by atoms with Gasteiger partial charge in [0, 0.05) is 13.1 Å². The zero-order chi connectivity index (χ0) is 24.1. The number of aromatic amines is 1. The summed E-state index contributed by atoms with van der Waals surface area (Å²) in [5.41, 5.74) is 3.45. The molecule has 4 aromatic rings. The average Bonchev–Trinajstić information content (AvgIpc) is 3.27. The van der Waals surface area contributed by atoms with Crippen LogP contribution in [0.5, 0.6) is 0 Å². The van der Waals surface area contributed by atoms with Crippen LogP contribution in [0.2, 0.25) is 5.02 Å². The standard InChI is InChI=1S/C23H20ClFN6O3/c1-34-18(32)9-13-2-4-14(5-3-13)10-26-22-20-19(30-31-22)21(29-12-28-20)23(33)27-11-15-6-7-17(25)16(24)8-15/h2-8,12H,9-11H2,1H3,(H,27,33)(H2,26,30,31). The van der Waals surface area contributed by atoms with Gasteiger partial charge in [-0.05, 0) is 28.8 Å². The number of hydrogen-bond donors (Lipinski definition) is 3. The highest BCUT2D eigenvalue weighted by atomic mass is 35.5. The number of hydrogen-bond acceptors (Lipinski definition) is 7. The number of anilines is 1. The van der Waals surface area contributed by atoms with Gasteiger partial charge < -0.3 is 15.4 Å². The van der Waals surface area contributed by atoms with E-state index < -0.39 is 11.7 Å². The molecule has 3 N–H and O–H groups in total. The van der Waals surface area contributed by atoms with E-state index in [2.05, 4.69) is 35.5 Å². The van der Waals surface area contributed by atoms with Gasteiger partial charge >= 0.3 is 5.97 Å². The Morgan fingerprint density at radius 2 is 1.79 bits per heavy atom. The number of aromatic nitrogens is 4. The van der Waals surface area contributed by atoms with E-state index in [4.69, 9.17) is 11.6 Å². The Morgan fingerprint density at radius 3 is 2.53 bits per heavy atom. The second kappa shape index (κ2) is 10.3. The number of H-pyrrole nitrogens is 1. The molecule has 0 aliphatic rings. The number of nitrogens with one attached hydrogen (secondary N) is 3. The van der Waals surface area contributed by atoms with Crippen LogP contribution < -0.4 is 10.6 Å². The molecule has 4 rings (SSSR count). The number of carbonyl (C=O) groups is 2. The van der Waals surface area contributed by atoms with Crippen LogP contribution in [-0.2, 0) is 29.0 Å². The first-order valence-corrected chi connectivity index (χ1v) is 10.6. The first-order chi connectivity index (χ1) is 16.4. The number of halogens is 2. The molecule has 0 spiro atoms. The lowest BCUT2D eigenvalue weighted by Gasteiger charge is -2.07. The molecule has 2 aromatic heterocycles. The molecule has 0 aliphatic carbocycles. The van der Waals surface area contributed by atoms with Gasteiger partial charge in [0.1, 0.15) is 23.2 Å². The molecule has 0 bridgehead atoms. The SMILES string of the molecule is COC(=O)Cc1ccc(CNc2n[nH]c3c(C(=O)NCc4ccc(F)c(Cl)c4)ncnc23)cc1. The number of nitrogens with zero attached hydrogens (tertiary/aromatic N) is 3. The fourth-order valence-electron chi connectivity index (χ4n) is 3.25. The molecule has 174 valence electrons. The van der Waals surface area contributed by atoms with Crippen LogP contribution in [0.25, 0.3) is 11.0 Å². The highest BCUT2D eigenvalue weighted by Gasteiger charge is 2.17. The Hall–Kier alpha value is -4.05.